The van der Waals surface area contributed by atoms with Crippen LogP contribution in [0.2, 0.25) is 0 Å². The summed E-state index contributed by atoms with van der Waals surface area (Å²) >= 11 is 0. The molecular weight excluding hydrogens is 436 g/mol. The van der Waals surface area contributed by atoms with E-state index in [-0.39, 0.29) is 36.9 Å². The molecule has 1 saturated carbocycles. The van der Waals surface area contributed by atoms with Crippen molar-refractivity contribution < 1.29 is 29.0 Å². The van der Waals surface area contributed by atoms with E-state index in [9.17, 15) is 14.4 Å². The zero-order valence-corrected chi connectivity index (χ0v) is 19.2. The van der Waals surface area contributed by atoms with Gasteiger partial charge in [0.05, 0.1) is 12.5 Å². The van der Waals surface area contributed by atoms with E-state index < -0.39 is 18.2 Å². The lowest BCUT2D eigenvalue weighted by Crippen LogP contribution is -2.48. The van der Waals surface area contributed by atoms with E-state index >= 15 is 0 Å². The van der Waals surface area contributed by atoms with Crippen LogP contribution in [0.4, 0.5) is 4.79 Å². The maximum Gasteiger partial charge on any atom is 0.407 e. The summed E-state index contributed by atoms with van der Waals surface area (Å²) in [6.07, 6.45) is 0.820. The minimum absolute atomic E-state index is 0.0243. The van der Waals surface area contributed by atoms with Crippen molar-refractivity contribution in [2.45, 2.75) is 43.7 Å². The fraction of sp³-hybridized carbons (Fsp3) is 0.423. The standard InChI is InChI=1S/C26H30N2O6/c1-33-23(24(29)28-17-12-10-16(11-13-17)25(30)31)14-27-26(32)34-15-22-20-8-4-2-6-18(20)19-7-3-5-9-21(19)22/h2-9,16-17,22-23H,10-15H2,1H3,(H,27,32)(H,28,29)(H,30,31). The first kappa shape index (κ1) is 23.8. The highest BCUT2D eigenvalue weighted by Gasteiger charge is 2.30. The van der Waals surface area contributed by atoms with Crippen molar-refractivity contribution in [2.24, 2.45) is 5.92 Å². The topological polar surface area (TPSA) is 114 Å². The van der Waals surface area contributed by atoms with E-state index in [0.29, 0.717) is 25.7 Å². The molecule has 2 aromatic rings. The lowest BCUT2D eigenvalue weighted by atomic mass is 9.86. The highest BCUT2D eigenvalue weighted by Crippen LogP contribution is 2.44. The molecule has 2 amide bonds. The number of carbonyl (C=O) groups is 3. The van der Waals surface area contributed by atoms with Gasteiger partial charge in [-0.1, -0.05) is 48.5 Å². The molecule has 0 saturated heterocycles. The number of hydrogen-bond acceptors (Lipinski definition) is 5. The molecule has 0 bridgehead atoms. The molecule has 0 aromatic heterocycles. The van der Waals surface area contributed by atoms with E-state index in [4.69, 9.17) is 14.6 Å². The number of methoxy groups -OCH3 is 1. The molecule has 8 nitrogen and oxygen atoms in total. The molecule has 2 aliphatic carbocycles. The second-order valence-electron chi connectivity index (χ2n) is 8.83. The van der Waals surface area contributed by atoms with Crippen LogP contribution in [0.5, 0.6) is 0 Å². The molecule has 0 spiro atoms. The van der Waals surface area contributed by atoms with Gasteiger partial charge in [-0.15, -0.1) is 0 Å². The number of amides is 2. The van der Waals surface area contributed by atoms with Crippen molar-refractivity contribution in [3.05, 3.63) is 59.7 Å². The van der Waals surface area contributed by atoms with Gasteiger partial charge in [0.15, 0.2) is 6.10 Å². The number of alkyl carbamates (subject to hydrolysis) is 1. The Bertz CT molecular complexity index is 1000. The van der Waals surface area contributed by atoms with E-state index in [2.05, 4.69) is 34.9 Å². The fourth-order valence-corrected chi connectivity index (χ4v) is 4.89. The van der Waals surface area contributed by atoms with Gasteiger partial charge in [0.2, 0.25) is 0 Å². The lowest BCUT2D eigenvalue weighted by Gasteiger charge is -2.28. The summed E-state index contributed by atoms with van der Waals surface area (Å²) < 4.78 is 10.8. The first-order valence-electron chi connectivity index (χ1n) is 11.6. The third-order valence-electron chi connectivity index (χ3n) is 6.78. The smallest absolute Gasteiger partial charge is 0.407 e. The maximum atomic E-state index is 12.6. The van der Waals surface area contributed by atoms with Crippen molar-refractivity contribution in [1.82, 2.24) is 10.6 Å². The van der Waals surface area contributed by atoms with Gasteiger partial charge >= 0.3 is 12.1 Å². The predicted molar refractivity (Wildman–Crippen MR) is 125 cm³/mol. The number of rotatable bonds is 8. The molecule has 1 atom stereocenters. The number of aliphatic carboxylic acids is 1. The highest BCUT2D eigenvalue weighted by molar-refractivity contribution is 5.82. The van der Waals surface area contributed by atoms with Crippen LogP contribution in [-0.4, -0.2) is 55.5 Å². The summed E-state index contributed by atoms with van der Waals surface area (Å²) in [5.74, 6) is -1.51. The highest BCUT2D eigenvalue weighted by atomic mass is 16.5. The van der Waals surface area contributed by atoms with Crippen LogP contribution in [0.25, 0.3) is 11.1 Å². The fourth-order valence-electron chi connectivity index (χ4n) is 4.89. The first-order chi connectivity index (χ1) is 16.5. The van der Waals surface area contributed by atoms with E-state index in [1.807, 2.05) is 24.3 Å². The molecule has 8 heteroatoms. The number of benzene rings is 2. The number of carboxylic acids is 1. The Morgan fingerprint density at radius 2 is 1.56 bits per heavy atom. The maximum absolute atomic E-state index is 12.6. The van der Waals surface area contributed by atoms with Crippen molar-refractivity contribution in [3.8, 4) is 11.1 Å². The Kier molecular flexibility index (Phi) is 7.47. The molecule has 2 aliphatic rings. The lowest BCUT2D eigenvalue weighted by molar-refractivity contribution is -0.142. The molecule has 1 unspecified atom stereocenters. The van der Waals surface area contributed by atoms with Gasteiger partial charge < -0.3 is 25.2 Å². The summed E-state index contributed by atoms with van der Waals surface area (Å²) in [6.45, 7) is 0.167. The molecule has 4 rings (SSSR count). The van der Waals surface area contributed by atoms with E-state index in [1.165, 1.54) is 7.11 Å². The van der Waals surface area contributed by atoms with Gasteiger partial charge in [0, 0.05) is 19.1 Å². The minimum Gasteiger partial charge on any atom is -0.481 e. The normalized spacial score (nSPS) is 20.0. The van der Waals surface area contributed by atoms with Crippen molar-refractivity contribution >= 4 is 18.0 Å². The van der Waals surface area contributed by atoms with Gasteiger partial charge in [-0.25, -0.2) is 4.79 Å². The monoisotopic (exact) mass is 466 g/mol. The van der Waals surface area contributed by atoms with Crippen molar-refractivity contribution in [2.75, 3.05) is 20.3 Å². The molecule has 1 fully saturated rings. The Balaban J connectivity index is 1.26. The predicted octanol–water partition coefficient (Wildman–Crippen LogP) is 3.30. The Labute approximate surface area is 198 Å². The number of nitrogens with one attached hydrogen (secondary N) is 2. The van der Waals surface area contributed by atoms with Crippen molar-refractivity contribution in [1.29, 1.82) is 0 Å². The van der Waals surface area contributed by atoms with Crippen LogP contribution in [0.3, 0.4) is 0 Å². The Morgan fingerprint density at radius 1 is 0.971 bits per heavy atom. The third-order valence-corrected chi connectivity index (χ3v) is 6.78. The zero-order valence-electron chi connectivity index (χ0n) is 19.2. The number of fused-ring (bicyclic) bond motifs is 3. The van der Waals surface area contributed by atoms with Crippen LogP contribution in [0, 0.1) is 5.92 Å². The van der Waals surface area contributed by atoms with Gasteiger partial charge in [-0.05, 0) is 47.9 Å². The third kappa shape index (κ3) is 5.22. The van der Waals surface area contributed by atoms with Gasteiger partial charge in [-0.2, -0.15) is 0 Å². The number of carboxylic acid groups (broad SMARTS) is 1. The number of hydrogen-bond donors (Lipinski definition) is 3. The van der Waals surface area contributed by atoms with Gasteiger partial charge in [-0.3, -0.25) is 9.59 Å². The van der Waals surface area contributed by atoms with Crippen LogP contribution < -0.4 is 10.6 Å². The second kappa shape index (κ2) is 10.7. The largest absolute Gasteiger partial charge is 0.481 e. The van der Waals surface area contributed by atoms with Crippen LogP contribution in [-0.2, 0) is 19.1 Å². The number of ether oxygens (including phenoxy) is 2. The summed E-state index contributed by atoms with van der Waals surface area (Å²) in [5.41, 5.74) is 4.56. The average Bonchev–Trinajstić information content (AvgIpc) is 3.17. The van der Waals surface area contributed by atoms with E-state index in [1.54, 1.807) is 0 Å². The van der Waals surface area contributed by atoms with Crippen LogP contribution in [0.15, 0.2) is 48.5 Å². The SMILES string of the molecule is COC(CNC(=O)OCC1c2ccccc2-c2ccccc21)C(=O)NC1CCC(C(=O)O)CC1. The molecule has 3 N–H and O–H groups in total. The van der Waals surface area contributed by atoms with Gasteiger partial charge in [0.25, 0.3) is 5.91 Å². The summed E-state index contributed by atoms with van der Waals surface area (Å²) in [5, 5.41) is 14.6. The second-order valence-corrected chi connectivity index (χ2v) is 8.83. The summed E-state index contributed by atoms with van der Waals surface area (Å²) in [4.78, 5) is 36.0. The molecule has 0 heterocycles. The first-order valence-corrected chi connectivity index (χ1v) is 11.6. The summed E-state index contributed by atoms with van der Waals surface area (Å²) in [7, 11) is 1.41. The van der Waals surface area contributed by atoms with Crippen LogP contribution >= 0.6 is 0 Å². The molecule has 0 radical (unpaired) electrons. The molecular formula is C26H30N2O6. The minimum atomic E-state index is -0.863. The molecule has 0 aliphatic heterocycles. The number of carbonyl (C=O) groups excluding carboxylic acids is 2. The van der Waals surface area contributed by atoms with Crippen molar-refractivity contribution in [3.63, 3.8) is 0 Å². The van der Waals surface area contributed by atoms with Gasteiger partial charge in [0.1, 0.15) is 6.61 Å². The summed E-state index contributed by atoms with van der Waals surface area (Å²) in [6, 6.07) is 16.1. The molecule has 180 valence electrons. The quantitative estimate of drug-likeness (QED) is 0.550. The Hall–Kier alpha value is -3.39. The van der Waals surface area contributed by atoms with Crippen LogP contribution in [0.1, 0.15) is 42.7 Å². The Morgan fingerprint density at radius 3 is 2.12 bits per heavy atom. The zero-order chi connectivity index (χ0) is 24.1. The average molecular weight is 467 g/mol. The molecule has 2 aromatic carbocycles. The van der Waals surface area contributed by atoms with E-state index in [0.717, 1.165) is 22.3 Å². The molecule has 34 heavy (non-hydrogen) atoms.